The zero-order valence-corrected chi connectivity index (χ0v) is 14.4. The molecule has 0 radical (unpaired) electrons. The summed E-state index contributed by atoms with van der Waals surface area (Å²) in [7, 11) is 0. The highest BCUT2D eigenvalue weighted by Crippen LogP contribution is 2.41. The lowest BCUT2D eigenvalue weighted by molar-refractivity contribution is -0.128. The zero-order valence-electron chi connectivity index (χ0n) is 14.4. The highest BCUT2D eigenvalue weighted by Gasteiger charge is 2.40. The highest BCUT2D eigenvalue weighted by atomic mass is 16.3. The van der Waals surface area contributed by atoms with Crippen molar-refractivity contribution in [2.75, 3.05) is 0 Å². The van der Waals surface area contributed by atoms with E-state index in [1.54, 1.807) is 0 Å². The number of carbonyl (C=O) groups excluding carboxylic acids is 1. The van der Waals surface area contributed by atoms with Crippen LogP contribution >= 0.6 is 0 Å². The molecule has 2 unspecified atom stereocenters. The van der Waals surface area contributed by atoms with Crippen LogP contribution in [0.4, 0.5) is 0 Å². The number of amides is 1. The van der Waals surface area contributed by atoms with E-state index in [1.165, 1.54) is 25.7 Å². The summed E-state index contributed by atoms with van der Waals surface area (Å²) in [6.45, 7) is 0.400. The van der Waals surface area contributed by atoms with Crippen LogP contribution in [0.25, 0.3) is 11.3 Å². The van der Waals surface area contributed by atoms with E-state index in [4.69, 9.17) is 10.2 Å². The van der Waals surface area contributed by atoms with Crippen molar-refractivity contribution in [1.29, 1.82) is 0 Å². The van der Waals surface area contributed by atoms with Gasteiger partial charge in [-0.2, -0.15) is 0 Å². The number of nitrogens with zero attached hydrogens (tertiary/aromatic N) is 1. The van der Waals surface area contributed by atoms with Gasteiger partial charge >= 0.3 is 0 Å². The Morgan fingerprint density at radius 3 is 2.64 bits per heavy atom. The Labute approximate surface area is 148 Å². The summed E-state index contributed by atoms with van der Waals surface area (Å²) in [6, 6.07) is 10.1. The first-order valence-electron chi connectivity index (χ1n) is 9.23. The molecule has 1 aromatic heterocycles. The number of fused-ring (bicyclic) bond motifs is 2. The van der Waals surface area contributed by atoms with Crippen LogP contribution in [0.3, 0.4) is 0 Å². The van der Waals surface area contributed by atoms with Crippen molar-refractivity contribution in [2.45, 2.75) is 44.7 Å². The summed E-state index contributed by atoms with van der Waals surface area (Å²) in [5.41, 5.74) is 8.07. The molecule has 0 spiro atoms. The Kier molecular flexibility index (Phi) is 4.57. The number of carbonyl (C=O) groups is 1. The molecular weight excluding hydrogens is 314 g/mol. The van der Waals surface area contributed by atoms with E-state index in [0.717, 1.165) is 29.9 Å². The van der Waals surface area contributed by atoms with Gasteiger partial charge < -0.3 is 15.5 Å². The molecule has 5 nitrogen and oxygen atoms in total. The monoisotopic (exact) mass is 339 g/mol. The Bertz CT molecular complexity index is 714. The van der Waals surface area contributed by atoms with Crippen molar-refractivity contribution in [3.63, 3.8) is 0 Å². The predicted molar refractivity (Wildman–Crippen MR) is 95.3 cm³/mol. The van der Waals surface area contributed by atoms with Crippen LogP contribution < -0.4 is 11.1 Å². The van der Waals surface area contributed by atoms with Gasteiger partial charge in [-0.15, -0.1) is 0 Å². The van der Waals surface area contributed by atoms with Crippen molar-refractivity contribution >= 4 is 5.91 Å². The largest absolute Gasteiger partial charge is 0.443 e. The van der Waals surface area contributed by atoms with Crippen LogP contribution in [0.1, 0.15) is 37.8 Å². The summed E-state index contributed by atoms with van der Waals surface area (Å²) < 4.78 is 5.52. The minimum absolute atomic E-state index is 0.0853. The lowest BCUT2D eigenvalue weighted by atomic mass is 9.65. The van der Waals surface area contributed by atoms with Gasteiger partial charge in [-0.25, -0.2) is 4.98 Å². The lowest BCUT2D eigenvalue weighted by Crippen LogP contribution is -2.49. The van der Waals surface area contributed by atoms with Gasteiger partial charge in [-0.1, -0.05) is 36.8 Å². The Balaban J connectivity index is 1.39. The standard InChI is InChI=1S/C20H25N3O2/c21-18-14-7-4-8-15(18)10-16(9-14)20(24)22-11-17-19(25-12-23-17)13-5-2-1-3-6-13/h1-3,5-6,12,14-16,18H,4,7-11,21H2,(H,22,24). The summed E-state index contributed by atoms with van der Waals surface area (Å²) >= 11 is 0. The molecule has 2 aliphatic rings. The van der Waals surface area contributed by atoms with Crippen molar-refractivity contribution in [1.82, 2.24) is 10.3 Å². The van der Waals surface area contributed by atoms with E-state index >= 15 is 0 Å². The van der Waals surface area contributed by atoms with Gasteiger partial charge in [-0.05, 0) is 37.5 Å². The maximum Gasteiger partial charge on any atom is 0.223 e. The second-order valence-electron chi connectivity index (χ2n) is 7.41. The van der Waals surface area contributed by atoms with E-state index in [1.807, 2.05) is 30.3 Å². The fourth-order valence-electron chi connectivity index (χ4n) is 4.54. The average molecular weight is 339 g/mol. The Hall–Kier alpha value is -2.14. The molecule has 5 heteroatoms. The second-order valence-corrected chi connectivity index (χ2v) is 7.41. The topological polar surface area (TPSA) is 81.2 Å². The number of rotatable bonds is 4. The third-order valence-corrected chi connectivity index (χ3v) is 5.89. The van der Waals surface area contributed by atoms with Crippen LogP contribution in [0, 0.1) is 17.8 Å². The molecule has 2 bridgehead atoms. The fraction of sp³-hybridized carbons (Fsp3) is 0.500. The maximum atomic E-state index is 12.7. The summed E-state index contributed by atoms with van der Waals surface area (Å²) in [6.07, 6.45) is 6.89. The van der Waals surface area contributed by atoms with E-state index in [0.29, 0.717) is 18.4 Å². The molecule has 2 saturated carbocycles. The molecule has 0 saturated heterocycles. The van der Waals surface area contributed by atoms with E-state index < -0.39 is 0 Å². The number of hydrogen-bond acceptors (Lipinski definition) is 4. The summed E-state index contributed by atoms with van der Waals surface area (Å²) in [4.78, 5) is 16.9. The second kappa shape index (κ2) is 7.00. The Morgan fingerprint density at radius 1 is 1.20 bits per heavy atom. The average Bonchev–Trinajstić information content (AvgIpc) is 3.09. The van der Waals surface area contributed by atoms with Crippen molar-refractivity contribution in [3.05, 3.63) is 42.4 Å². The molecule has 2 fully saturated rings. The lowest BCUT2D eigenvalue weighted by Gasteiger charge is -2.43. The van der Waals surface area contributed by atoms with E-state index in [9.17, 15) is 4.79 Å². The predicted octanol–water partition coefficient (Wildman–Crippen LogP) is 3.11. The summed E-state index contributed by atoms with van der Waals surface area (Å²) in [5, 5.41) is 3.07. The van der Waals surface area contributed by atoms with Crippen LogP contribution in [-0.4, -0.2) is 16.9 Å². The molecule has 3 N–H and O–H groups in total. The van der Waals surface area contributed by atoms with Gasteiger partial charge in [0.1, 0.15) is 5.69 Å². The number of nitrogens with two attached hydrogens (primary N) is 1. The summed E-state index contributed by atoms with van der Waals surface area (Å²) in [5.74, 6) is 1.96. The Morgan fingerprint density at radius 2 is 1.92 bits per heavy atom. The molecule has 2 atom stereocenters. The first-order chi connectivity index (χ1) is 12.2. The van der Waals surface area contributed by atoms with Gasteiger partial charge in [0.25, 0.3) is 0 Å². The third-order valence-electron chi connectivity index (χ3n) is 5.89. The number of benzene rings is 1. The molecule has 132 valence electrons. The molecular formula is C20H25N3O2. The van der Waals surface area contributed by atoms with Crippen LogP contribution in [0.2, 0.25) is 0 Å². The molecule has 2 aliphatic carbocycles. The molecule has 4 rings (SSSR count). The maximum absolute atomic E-state index is 12.7. The first kappa shape index (κ1) is 16.3. The van der Waals surface area contributed by atoms with Crippen LogP contribution in [0.5, 0.6) is 0 Å². The minimum Gasteiger partial charge on any atom is -0.443 e. The number of hydrogen-bond donors (Lipinski definition) is 2. The van der Waals surface area contributed by atoms with Crippen molar-refractivity contribution in [2.24, 2.45) is 23.5 Å². The van der Waals surface area contributed by atoms with Crippen molar-refractivity contribution < 1.29 is 9.21 Å². The molecule has 2 aromatic rings. The fourth-order valence-corrected chi connectivity index (χ4v) is 4.54. The van der Waals surface area contributed by atoms with E-state index in [-0.39, 0.29) is 17.9 Å². The van der Waals surface area contributed by atoms with Crippen LogP contribution in [-0.2, 0) is 11.3 Å². The highest BCUT2D eigenvalue weighted by molar-refractivity contribution is 5.79. The van der Waals surface area contributed by atoms with Gasteiger partial charge in [-0.3, -0.25) is 4.79 Å². The van der Waals surface area contributed by atoms with Gasteiger partial charge in [0.2, 0.25) is 5.91 Å². The SMILES string of the molecule is NC1C2CCCC1CC(C(=O)NCc1ncoc1-c1ccccc1)C2. The molecule has 1 aromatic carbocycles. The van der Waals surface area contributed by atoms with Gasteiger partial charge in [0, 0.05) is 17.5 Å². The van der Waals surface area contributed by atoms with Gasteiger partial charge in [0.15, 0.2) is 12.2 Å². The van der Waals surface area contributed by atoms with Gasteiger partial charge in [0.05, 0.1) is 6.54 Å². The molecule has 1 amide bonds. The third kappa shape index (κ3) is 3.33. The number of oxazole rings is 1. The number of aromatic nitrogens is 1. The van der Waals surface area contributed by atoms with Crippen LogP contribution in [0.15, 0.2) is 41.1 Å². The van der Waals surface area contributed by atoms with Crippen molar-refractivity contribution in [3.8, 4) is 11.3 Å². The normalized spacial score (nSPS) is 28.5. The number of nitrogens with one attached hydrogen (secondary N) is 1. The molecule has 1 heterocycles. The van der Waals surface area contributed by atoms with E-state index in [2.05, 4.69) is 10.3 Å². The first-order valence-corrected chi connectivity index (χ1v) is 9.23. The smallest absolute Gasteiger partial charge is 0.223 e. The molecule has 25 heavy (non-hydrogen) atoms. The minimum atomic E-state index is 0.0853. The zero-order chi connectivity index (χ0) is 17.2. The quantitative estimate of drug-likeness (QED) is 0.897. The molecule has 0 aliphatic heterocycles.